The summed E-state index contributed by atoms with van der Waals surface area (Å²) in [7, 11) is 1.38. The number of esters is 1. The average molecular weight is 256 g/mol. The molecule has 17 heavy (non-hydrogen) atoms. The predicted molar refractivity (Wildman–Crippen MR) is 65.3 cm³/mol. The van der Waals surface area contributed by atoms with Crippen LogP contribution >= 0.6 is 11.6 Å². The SMILES string of the molecule is COC(=O)C1(Nc2cccc(Cl)c2)CCOC1. The number of anilines is 1. The first kappa shape index (κ1) is 12.2. The van der Waals surface area contributed by atoms with Gasteiger partial charge in [-0.15, -0.1) is 0 Å². The second-order valence-corrected chi connectivity index (χ2v) is 4.45. The standard InChI is InChI=1S/C12H14ClNO3/c1-16-11(15)12(5-6-17-8-12)14-10-4-2-3-9(13)7-10/h2-4,7,14H,5-6,8H2,1H3. The largest absolute Gasteiger partial charge is 0.467 e. The number of hydrogen-bond acceptors (Lipinski definition) is 4. The molecule has 0 radical (unpaired) electrons. The summed E-state index contributed by atoms with van der Waals surface area (Å²) in [6, 6.07) is 7.23. The van der Waals surface area contributed by atoms with Crippen molar-refractivity contribution in [2.75, 3.05) is 25.6 Å². The van der Waals surface area contributed by atoms with Crippen LogP contribution in [0, 0.1) is 0 Å². The van der Waals surface area contributed by atoms with Gasteiger partial charge < -0.3 is 14.8 Å². The minimum Gasteiger partial charge on any atom is -0.467 e. The molecule has 1 fully saturated rings. The lowest BCUT2D eigenvalue weighted by Gasteiger charge is -2.26. The Kier molecular flexibility index (Phi) is 3.54. The molecule has 0 saturated carbocycles. The quantitative estimate of drug-likeness (QED) is 0.841. The van der Waals surface area contributed by atoms with Gasteiger partial charge in [0.2, 0.25) is 0 Å². The van der Waals surface area contributed by atoms with E-state index in [1.54, 1.807) is 12.1 Å². The molecule has 0 bridgehead atoms. The molecule has 1 saturated heterocycles. The first-order valence-electron chi connectivity index (χ1n) is 5.36. The van der Waals surface area contributed by atoms with Crippen molar-refractivity contribution >= 4 is 23.3 Å². The number of ether oxygens (including phenoxy) is 2. The van der Waals surface area contributed by atoms with E-state index in [2.05, 4.69) is 5.32 Å². The zero-order valence-corrected chi connectivity index (χ0v) is 10.3. The van der Waals surface area contributed by atoms with E-state index in [1.807, 2.05) is 12.1 Å². The first-order chi connectivity index (χ1) is 8.16. The molecule has 0 spiro atoms. The van der Waals surface area contributed by atoms with E-state index >= 15 is 0 Å². The van der Waals surface area contributed by atoms with Crippen LogP contribution in [0.1, 0.15) is 6.42 Å². The van der Waals surface area contributed by atoms with E-state index < -0.39 is 5.54 Å². The molecule has 1 aliphatic heterocycles. The molecule has 1 atom stereocenters. The van der Waals surface area contributed by atoms with Gasteiger partial charge in [-0.2, -0.15) is 0 Å². The molecule has 1 heterocycles. The van der Waals surface area contributed by atoms with Crippen LogP contribution in [0.4, 0.5) is 5.69 Å². The lowest BCUT2D eigenvalue weighted by atomic mass is 9.98. The normalized spacial score (nSPS) is 23.4. The van der Waals surface area contributed by atoms with Gasteiger partial charge in [-0.3, -0.25) is 0 Å². The molecule has 4 nitrogen and oxygen atoms in total. The Morgan fingerprint density at radius 3 is 3.00 bits per heavy atom. The van der Waals surface area contributed by atoms with Crippen molar-refractivity contribution in [1.82, 2.24) is 0 Å². The van der Waals surface area contributed by atoms with Crippen molar-refractivity contribution in [2.24, 2.45) is 0 Å². The smallest absolute Gasteiger partial charge is 0.334 e. The fourth-order valence-electron chi connectivity index (χ4n) is 1.91. The third-order valence-electron chi connectivity index (χ3n) is 2.81. The molecule has 1 N–H and O–H groups in total. The highest BCUT2D eigenvalue weighted by Crippen LogP contribution is 2.27. The third-order valence-corrected chi connectivity index (χ3v) is 3.04. The van der Waals surface area contributed by atoms with Crippen LogP contribution in [0.2, 0.25) is 5.02 Å². The van der Waals surface area contributed by atoms with Crippen LogP contribution in [0.25, 0.3) is 0 Å². The lowest BCUT2D eigenvalue weighted by Crippen LogP contribution is -2.47. The highest BCUT2D eigenvalue weighted by Gasteiger charge is 2.43. The second kappa shape index (κ2) is 4.94. The van der Waals surface area contributed by atoms with Crippen LogP contribution in [0.15, 0.2) is 24.3 Å². The summed E-state index contributed by atoms with van der Waals surface area (Å²) in [5, 5.41) is 3.78. The van der Waals surface area contributed by atoms with Crippen LogP contribution < -0.4 is 5.32 Å². The average Bonchev–Trinajstić information content (AvgIpc) is 2.78. The summed E-state index contributed by atoms with van der Waals surface area (Å²) in [6.45, 7) is 0.856. The molecule has 0 aliphatic carbocycles. The van der Waals surface area contributed by atoms with Gasteiger partial charge in [0, 0.05) is 23.7 Å². The monoisotopic (exact) mass is 255 g/mol. The van der Waals surface area contributed by atoms with Crippen molar-refractivity contribution in [1.29, 1.82) is 0 Å². The van der Waals surface area contributed by atoms with Gasteiger partial charge in [-0.25, -0.2) is 4.79 Å². The molecule has 92 valence electrons. The summed E-state index contributed by atoms with van der Waals surface area (Å²) in [4.78, 5) is 11.8. The van der Waals surface area contributed by atoms with Gasteiger partial charge in [0.05, 0.1) is 13.7 Å². The second-order valence-electron chi connectivity index (χ2n) is 4.01. The van der Waals surface area contributed by atoms with E-state index in [1.165, 1.54) is 7.11 Å². The van der Waals surface area contributed by atoms with Gasteiger partial charge >= 0.3 is 5.97 Å². The van der Waals surface area contributed by atoms with Gasteiger partial charge in [0.15, 0.2) is 5.54 Å². The zero-order chi connectivity index (χ0) is 12.3. The molecule has 0 aromatic heterocycles. The van der Waals surface area contributed by atoms with E-state index in [4.69, 9.17) is 21.1 Å². The topological polar surface area (TPSA) is 47.6 Å². The van der Waals surface area contributed by atoms with Gasteiger partial charge in [-0.1, -0.05) is 17.7 Å². The van der Waals surface area contributed by atoms with Crippen molar-refractivity contribution in [2.45, 2.75) is 12.0 Å². The highest BCUT2D eigenvalue weighted by molar-refractivity contribution is 6.30. The molecule has 1 unspecified atom stereocenters. The first-order valence-corrected chi connectivity index (χ1v) is 5.74. The minimum absolute atomic E-state index is 0.310. The van der Waals surface area contributed by atoms with Crippen LogP contribution in [-0.4, -0.2) is 31.8 Å². The molecule has 1 aromatic carbocycles. The molecule has 1 aliphatic rings. The number of benzene rings is 1. The van der Waals surface area contributed by atoms with Crippen LogP contribution in [0.5, 0.6) is 0 Å². The molecular weight excluding hydrogens is 242 g/mol. The Morgan fingerprint density at radius 2 is 2.41 bits per heavy atom. The Balaban J connectivity index is 2.21. The minimum atomic E-state index is -0.792. The predicted octanol–water partition coefficient (Wildman–Crippen LogP) is 2.08. The van der Waals surface area contributed by atoms with Crippen LogP contribution in [0.3, 0.4) is 0 Å². The number of carbonyl (C=O) groups is 1. The number of carbonyl (C=O) groups excluding carboxylic acids is 1. The van der Waals surface area contributed by atoms with Gasteiger partial charge in [0.25, 0.3) is 0 Å². The fourth-order valence-corrected chi connectivity index (χ4v) is 2.10. The summed E-state index contributed by atoms with van der Waals surface area (Å²) in [5.74, 6) is -0.310. The number of hydrogen-bond donors (Lipinski definition) is 1. The van der Waals surface area contributed by atoms with Crippen molar-refractivity contribution in [3.05, 3.63) is 29.3 Å². The van der Waals surface area contributed by atoms with Crippen molar-refractivity contribution in [3.63, 3.8) is 0 Å². The maximum Gasteiger partial charge on any atom is 0.334 e. The molecule has 5 heteroatoms. The molecule has 2 rings (SSSR count). The fraction of sp³-hybridized carbons (Fsp3) is 0.417. The van der Waals surface area contributed by atoms with E-state index in [9.17, 15) is 4.79 Å². The van der Waals surface area contributed by atoms with E-state index in [0.717, 1.165) is 5.69 Å². The van der Waals surface area contributed by atoms with Crippen LogP contribution in [-0.2, 0) is 14.3 Å². The van der Waals surface area contributed by atoms with Crippen molar-refractivity contribution < 1.29 is 14.3 Å². The molecule has 1 aromatic rings. The summed E-state index contributed by atoms with van der Waals surface area (Å²) in [6.07, 6.45) is 0.589. The number of halogens is 1. The Labute approximate surface area is 105 Å². The number of nitrogens with one attached hydrogen (secondary N) is 1. The Bertz CT molecular complexity index is 416. The Morgan fingerprint density at radius 1 is 1.59 bits per heavy atom. The van der Waals surface area contributed by atoms with Crippen molar-refractivity contribution in [3.8, 4) is 0 Å². The highest BCUT2D eigenvalue weighted by atomic mass is 35.5. The van der Waals surface area contributed by atoms with E-state index in [0.29, 0.717) is 24.7 Å². The maximum absolute atomic E-state index is 11.8. The molecular formula is C12H14ClNO3. The third kappa shape index (κ3) is 2.53. The summed E-state index contributed by atoms with van der Waals surface area (Å²) >= 11 is 5.90. The number of methoxy groups -OCH3 is 1. The lowest BCUT2D eigenvalue weighted by molar-refractivity contribution is -0.146. The van der Waals surface area contributed by atoms with Gasteiger partial charge in [0.1, 0.15) is 0 Å². The zero-order valence-electron chi connectivity index (χ0n) is 9.53. The van der Waals surface area contributed by atoms with Gasteiger partial charge in [-0.05, 0) is 18.2 Å². The summed E-state index contributed by atoms with van der Waals surface area (Å²) in [5.41, 5.74) is -0.00667. The maximum atomic E-state index is 11.8. The molecule has 0 amide bonds. The summed E-state index contributed by atoms with van der Waals surface area (Å²) < 4.78 is 10.1. The van der Waals surface area contributed by atoms with E-state index in [-0.39, 0.29) is 5.97 Å². The Hall–Kier alpha value is -1.26. The number of rotatable bonds is 3.